The lowest BCUT2D eigenvalue weighted by atomic mass is 10.0. The second-order valence-corrected chi connectivity index (χ2v) is 9.95. The van der Waals surface area contributed by atoms with Crippen LogP contribution >= 0.6 is 0 Å². The Morgan fingerprint density at radius 2 is 1.12 bits per heavy atom. The number of rotatable bonds is 9. The number of aromatic nitrogens is 3. The molecule has 198 valence electrons. The molecule has 1 N–H and O–H groups in total. The molecule has 40 heavy (non-hydrogen) atoms. The van der Waals surface area contributed by atoms with E-state index < -0.39 is 0 Å². The molecule has 1 aromatic heterocycles. The van der Waals surface area contributed by atoms with Crippen molar-refractivity contribution in [1.29, 1.82) is 0 Å². The van der Waals surface area contributed by atoms with Gasteiger partial charge in [-0.3, -0.25) is 0 Å². The van der Waals surface area contributed by atoms with Crippen LogP contribution in [-0.4, -0.2) is 26.7 Å². The number of aromatic hydroxyl groups is 1. The Morgan fingerprint density at radius 3 is 1.70 bits per heavy atom. The monoisotopic (exact) mass is 525 g/mol. The van der Waals surface area contributed by atoms with Gasteiger partial charge < -0.3 is 9.84 Å². The fraction of sp³-hybridized carbons (Fsp3) is 0.171. The predicted octanol–water partition coefficient (Wildman–Crippen LogP) is 8.84. The number of fused-ring (bicyclic) bond motifs is 2. The van der Waals surface area contributed by atoms with Crippen LogP contribution in [0.5, 0.6) is 11.5 Å². The summed E-state index contributed by atoms with van der Waals surface area (Å²) in [6.45, 7) is 2.82. The minimum Gasteiger partial charge on any atom is -0.507 e. The van der Waals surface area contributed by atoms with E-state index >= 15 is 0 Å². The topological polar surface area (TPSA) is 68.1 Å². The Bertz CT molecular complexity index is 1690. The SMILES string of the molecule is CCCCCCOc1ccc(-c2nc(-c3cccc4ccccc34)nc(-c3cccc4ccccc34)n2)c(O)c1. The van der Waals surface area contributed by atoms with Crippen LogP contribution in [0.1, 0.15) is 32.6 Å². The first-order chi connectivity index (χ1) is 19.7. The van der Waals surface area contributed by atoms with E-state index in [1.54, 1.807) is 6.07 Å². The van der Waals surface area contributed by atoms with Crippen molar-refractivity contribution in [3.63, 3.8) is 0 Å². The van der Waals surface area contributed by atoms with E-state index in [1.807, 2.05) is 60.7 Å². The van der Waals surface area contributed by atoms with Gasteiger partial charge in [0.1, 0.15) is 11.5 Å². The van der Waals surface area contributed by atoms with Gasteiger partial charge in [-0.2, -0.15) is 0 Å². The lowest BCUT2D eigenvalue weighted by Crippen LogP contribution is -2.01. The third-order valence-corrected chi connectivity index (χ3v) is 7.17. The van der Waals surface area contributed by atoms with E-state index in [0.29, 0.717) is 35.4 Å². The summed E-state index contributed by atoms with van der Waals surface area (Å²) in [6, 6.07) is 34.0. The summed E-state index contributed by atoms with van der Waals surface area (Å²) in [5, 5.41) is 15.4. The largest absolute Gasteiger partial charge is 0.507 e. The Morgan fingerprint density at radius 1 is 0.575 bits per heavy atom. The maximum Gasteiger partial charge on any atom is 0.167 e. The van der Waals surface area contributed by atoms with Crippen molar-refractivity contribution in [2.75, 3.05) is 6.61 Å². The van der Waals surface area contributed by atoms with Gasteiger partial charge in [-0.05, 0) is 40.1 Å². The van der Waals surface area contributed by atoms with Crippen molar-refractivity contribution in [2.45, 2.75) is 32.6 Å². The molecule has 0 amide bonds. The molecule has 0 unspecified atom stereocenters. The molecule has 0 bridgehead atoms. The van der Waals surface area contributed by atoms with Crippen LogP contribution < -0.4 is 4.74 Å². The van der Waals surface area contributed by atoms with Crippen molar-refractivity contribution in [2.24, 2.45) is 0 Å². The number of phenols is 1. The van der Waals surface area contributed by atoms with Crippen molar-refractivity contribution in [1.82, 2.24) is 15.0 Å². The van der Waals surface area contributed by atoms with Gasteiger partial charge in [0.25, 0.3) is 0 Å². The fourth-order valence-electron chi connectivity index (χ4n) is 5.09. The zero-order valence-corrected chi connectivity index (χ0v) is 22.5. The van der Waals surface area contributed by atoms with Crippen LogP contribution in [0.3, 0.4) is 0 Å². The van der Waals surface area contributed by atoms with Crippen molar-refractivity contribution < 1.29 is 9.84 Å². The summed E-state index contributed by atoms with van der Waals surface area (Å²) in [5.74, 6) is 2.23. The first kappa shape index (κ1) is 25.5. The molecule has 1 heterocycles. The molecular formula is C35H31N3O2. The van der Waals surface area contributed by atoms with Crippen LogP contribution in [-0.2, 0) is 0 Å². The van der Waals surface area contributed by atoms with Gasteiger partial charge in [-0.15, -0.1) is 0 Å². The summed E-state index contributed by atoms with van der Waals surface area (Å²) in [7, 11) is 0. The average Bonchev–Trinajstić information content (AvgIpc) is 3.00. The van der Waals surface area contributed by atoms with Gasteiger partial charge in [0.2, 0.25) is 0 Å². The van der Waals surface area contributed by atoms with Gasteiger partial charge in [-0.1, -0.05) is 111 Å². The molecule has 0 aliphatic heterocycles. The van der Waals surface area contributed by atoms with E-state index in [9.17, 15) is 5.11 Å². The Kier molecular flexibility index (Phi) is 7.36. The molecule has 0 aliphatic rings. The minimum atomic E-state index is 0.0741. The van der Waals surface area contributed by atoms with Crippen LogP contribution in [0, 0.1) is 0 Å². The molecule has 6 rings (SSSR count). The van der Waals surface area contributed by atoms with Crippen LogP contribution in [0.2, 0.25) is 0 Å². The molecule has 0 saturated carbocycles. The molecule has 0 fully saturated rings. The van der Waals surface area contributed by atoms with Gasteiger partial charge in [0.15, 0.2) is 17.5 Å². The maximum atomic E-state index is 11.1. The van der Waals surface area contributed by atoms with Gasteiger partial charge in [0, 0.05) is 17.2 Å². The summed E-state index contributed by atoms with van der Waals surface area (Å²) in [5.41, 5.74) is 2.35. The molecule has 5 aromatic carbocycles. The number of nitrogens with zero attached hydrogens (tertiary/aromatic N) is 3. The fourth-order valence-corrected chi connectivity index (χ4v) is 5.09. The molecule has 6 aromatic rings. The Labute approximate surface area is 234 Å². The molecule has 0 spiro atoms. The van der Waals surface area contributed by atoms with E-state index in [1.165, 1.54) is 12.8 Å². The predicted molar refractivity (Wildman–Crippen MR) is 162 cm³/mol. The minimum absolute atomic E-state index is 0.0741. The third-order valence-electron chi connectivity index (χ3n) is 7.17. The molecular weight excluding hydrogens is 494 g/mol. The number of ether oxygens (including phenoxy) is 1. The lowest BCUT2D eigenvalue weighted by molar-refractivity contribution is 0.303. The van der Waals surface area contributed by atoms with Crippen LogP contribution in [0.25, 0.3) is 55.7 Å². The normalized spacial score (nSPS) is 11.2. The highest BCUT2D eigenvalue weighted by Gasteiger charge is 2.17. The molecule has 5 nitrogen and oxygen atoms in total. The summed E-state index contributed by atoms with van der Waals surface area (Å²) >= 11 is 0. The second-order valence-electron chi connectivity index (χ2n) is 9.95. The van der Waals surface area contributed by atoms with Gasteiger partial charge in [-0.25, -0.2) is 15.0 Å². The summed E-state index contributed by atoms with van der Waals surface area (Å²) < 4.78 is 5.89. The zero-order chi connectivity index (χ0) is 27.3. The van der Waals surface area contributed by atoms with Crippen LogP contribution in [0.15, 0.2) is 103 Å². The zero-order valence-electron chi connectivity index (χ0n) is 22.5. The summed E-state index contributed by atoms with van der Waals surface area (Å²) in [4.78, 5) is 14.8. The Balaban J connectivity index is 1.47. The first-order valence-corrected chi connectivity index (χ1v) is 13.9. The number of phenolic OH excluding ortho intramolecular Hbond substituents is 1. The molecule has 0 atom stereocenters. The quantitative estimate of drug-likeness (QED) is 0.191. The molecule has 0 radical (unpaired) electrons. The first-order valence-electron chi connectivity index (χ1n) is 13.9. The van der Waals surface area contributed by atoms with E-state index in [-0.39, 0.29) is 5.75 Å². The van der Waals surface area contributed by atoms with E-state index in [2.05, 4.69) is 43.3 Å². The van der Waals surface area contributed by atoms with E-state index in [4.69, 9.17) is 19.7 Å². The highest BCUT2D eigenvalue weighted by molar-refractivity contribution is 5.97. The Hall–Kier alpha value is -4.77. The average molecular weight is 526 g/mol. The second kappa shape index (κ2) is 11.5. The maximum absolute atomic E-state index is 11.1. The van der Waals surface area contributed by atoms with Gasteiger partial charge >= 0.3 is 0 Å². The van der Waals surface area contributed by atoms with Gasteiger partial charge in [0.05, 0.1) is 12.2 Å². The molecule has 0 aliphatic carbocycles. The van der Waals surface area contributed by atoms with E-state index in [0.717, 1.165) is 45.5 Å². The molecule has 5 heteroatoms. The van der Waals surface area contributed by atoms with Crippen molar-refractivity contribution >= 4 is 21.5 Å². The number of hydrogen-bond donors (Lipinski definition) is 1. The lowest BCUT2D eigenvalue weighted by Gasteiger charge is -2.13. The standard InChI is InChI=1S/C35H31N3O2/c1-2-3-4-9-22-40-26-20-21-31(32(39)23-26)35-37-33(29-18-10-14-24-12-5-7-16-27(24)29)36-34(38-35)30-19-11-15-25-13-6-8-17-28(25)30/h5-8,10-21,23,39H,2-4,9,22H2,1H3. The van der Waals surface area contributed by atoms with Crippen LogP contribution in [0.4, 0.5) is 0 Å². The number of unbranched alkanes of at least 4 members (excludes halogenated alkanes) is 3. The smallest absolute Gasteiger partial charge is 0.167 e. The third kappa shape index (κ3) is 5.23. The van der Waals surface area contributed by atoms with Crippen molar-refractivity contribution in [3.05, 3.63) is 103 Å². The highest BCUT2D eigenvalue weighted by Crippen LogP contribution is 2.35. The number of hydrogen-bond acceptors (Lipinski definition) is 5. The number of benzene rings is 5. The highest BCUT2D eigenvalue weighted by atomic mass is 16.5. The van der Waals surface area contributed by atoms with Crippen molar-refractivity contribution in [3.8, 4) is 45.7 Å². The molecule has 0 saturated heterocycles. The summed E-state index contributed by atoms with van der Waals surface area (Å²) in [6.07, 6.45) is 4.51.